The Bertz CT molecular complexity index is 1690. The van der Waals surface area contributed by atoms with Gasteiger partial charge in [-0.15, -0.1) is 0 Å². The van der Waals surface area contributed by atoms with Gasteiger partial charge in [-0.05, 0) is 74.3 Å². The van der Waals surface area contributed by atoms with E-state index in [1.165, 1.54) is 0 Å². The molecule has 284 valence electrons. The molecule has 2 atom stereocenters. The van der Waals surface area contributed by atoms with Crippen molar-refractivity contribution in [2.45, 2.75) is 124 Å². The number of rotatable bonds is 8. The van der Waals surface area contributed by atoms with Crippen LogP contribution in [0.2, 0.25) is 0 Å². The summed E-state index contributed by atoms with van der Waals surface area (Å²) in [5.41, 5.74) is -6.09. The average molecular weight is 1110 g/mol. The van der Waals surface area contributed by atoms with Crippen LogP contribution < -0.4 is 0 Å². The topological polar surface area (TPSA) is 0 Å². The van der Waals surface area contributed by atoms with Gasteiger partial charge in [0.2, 0.25) is 0 Å². The Balaban J connectivity index is 0.000000269. The molecule has 16 heteroatoms. The van der Waals surface area contributed by atoms with Crippen LogP contribution in [-0.4, -0.2) is 18.4 Å². The summed E-state index contributed by atoms with van der Waals surface area (Å²) in [6.45, 7) is 6.74. The molecule has 6 rings (SSSR count). The van der Waals surface area contributed by atoms with Crippen molar-refractivity contribution in [1.82, 2.24) is 0 Å². The largest absolute Gasteiger partial charge is 0.298 e. The van der Waals surface area contributed by atoms with Gasteiger partial charge >= 0.3 is 0 Å². The maximum atomic E-state index is 15.0. The molecule has 0 spiro atoms. The van der Waals surface area contributed by atoms with E-state index >= 15 is 0 Å². The molecule has 0 aromatic heterocycles. The van der Waals surface area contributed by atoms with Crippen LogP contribution in [0.3, 0.4) is 0 Å². The number of halogens is 14. The van der Waals surface area contributed by atoms with E-state index in [9.17, 15) is 52.7 Å². The maximum Gasteiger partial charge on any atom is 0.298 e. The molecule has 2 radical (unpaired) electrons. The quantitative estimate of drug-likeness (QED) is 0.140. The number of hydrogen-bond acceptors (Lipinski definition) is 0. The second-order valence-corrected chi connectivity index (χ2v) is 16.5. The van der Waals surface area contributed by atoms with E-state index in [1.807, 2.05) is 0 Å². The fourth-order valence-corrected chi connectivity index (χ4v) is 9.58. The SMILES string of the molecule is CCCC1(Br)Cc2c3c(c(F)c(F)c2C1(F)F)C(F)(F)C(Br)(CCC)C3.CCCC1=Cc2c3c(c(F)c(F)c2C1(F)F)C(F)(F)C(CCC)=C3.[2H][B].[U]. The van der Waals surface area contributed by atoms with Crippen LogP contribution in [0.1, 0.15) is 124 Å². The number of alkyl halides is 10. The van der Waals surface area contributed by atoms with Gasteiger partial charge in [-0.3, -0.25) is 0 Å². The van der Waals surface area contributed by atoms with Gasteiger partial charge < -0.3 is 0 Å². The van der Waals surface area contributed by atoms with Crippen LogP contribution in [0.25, 0.3) is 12.2 Å². The first-order valence-corrected chi connectivity index (χ1v) is 18.0. The molecule has 4 aliphatic carbocycles. The van der Waals surface area contributed by atoms with Crippen molar-refractivity contribution in [3.05, 3.63) is 78.9 Å². The van der Waals surface area contributed by atoms with Crippen LogP contribution in [0.5, 0.6) is 0 Å². The molecule has 4 aliphatic rings. The van der Waals surface area contributed by atoms with E-state index in [0.29, 0.717) is 25.7 Å². The van der Waals surface area contributed by atoms with Gasteiger partial charge in [-0.1, -0.05) is 85.2 Å². The number of hydrogen-bond donors (Lipinski definition) is 0. The second-order valence-electron chi connectivity index (χ2n) is 13.5. The molecule has 52 heavy (non-hydrogen) atoms. The molecular weight excluding hydrogens is 1070 g/mol. The summed E-state index contributed by atoms with van der Waals surface area (Å²) in [7, 11) is 3.75. The Kier molecular flexibility index (Phi) is 12.9. The van der Waals surface area contributed by atoms with Crippen molar-refractivity contribution in [2.75, 3.05) is 0 Å². The summed E-state index contributed by atoms with van der Waals surface area (Å²) >= 11 is 6.05. The van der Waals surface area contributed by atoms with Gasteiger partial charge in [0.25, 0.3) is 23.7 Å². The summed E-state index contributed by atoms with van der Waals surface area (Å²) < 4.78 is 177. The Morgan fingerprint density at radius 3 is 1.12 bits per heavy atom. The molecule has 0 bridgehead atoms. The molecule has 0 amide bonds. The van der Waals surface area contributed by atoms with Gasteiger partial charge in [0.05, 0.1) is 30.9 Å². The molecule has 0 fully saturated rings. The van der Waals surface area contributed by atoms with E-state index in [1.54, 1.807) is 27.7 Å². The summed E-state index contributed by atoms with van der Waals surface area (Å²) in [4.78, 5) is 0. The number of allylic oxidation sites excluding steroid dienone is 2. The van der Waals surface area contributed by atoms with Crippen molar-refractivity contribution in [3.63, 3.8) is 0 Å². The molecule has 2 aromatic carbocycles. The number of benzene rings is 2. The molecule has 0 heterocycles. The molecule has 0 nitrogen and oxygen atoms in total. The first-order chi connectivity index (χ1) is 24.1. The minimum atomic E-state index is -3.68. The third-order valence-electron chi connectivity index (χ3n) is 10.1. The standard InChI is InChI=1S/C18H18Br2F6.C18H16F6.BH.U/c1-3-5-15(19)7-9-10-8-16(20,6-4-2)18(25,26)12(10)14(22)13(21)11(9)17(15,23)24;1-3-5-9-7-11-12-8-10(6-4-2)18(23,24)14(12)16(20)15(19)13(11)17(9,21)22;;/h3-8H2,1-2H3;7-8H,3-6H2,1-2H3;1H;/i;;1D;. The average Bonchev–Trinajstić information content (AvgIpc) is 3.63. The van der Waals surface area contributed by atoms with Crippen molar-refractivity contribution >= 4 is 52.4 Å². The fourth-order valence-electron chi connectivity index (χ4n) is 7.83. The van der Waals surface area contributed by atoms with Crippen molar-refractivity contribution < 1.29 is 83.8 Å². The molecule has 2 aromatic rings. The van der Waals surface area contributed by atoms with Crippen molar-refractivity contribution in [2.24, 2.45) is 0 Å². The van der Waals surface area contributed by atoms with Crippen LogP contribution in [-0.2, 0) is 36.5 Å². The van der Waals surface area contributed by atoms with Gasteiger partial charge in [-0.25, -0.2) is 17.6 Å². The van der Waals surface area contributed by atoms with Crippen LogP contribution in [0.4, 0.5) is 52.7 Å². The summed E-state index contributed by atoms with van der Waals surface area (Å²) in [6, 6.07) is 0. The summed E-state index contributed by atoms with van der Waals surface area (Å²) in [6.07, 6.45) is 2.99. The number of fused-ring (bicyclic) bond motifs is 6. The Morgan fingerprint density at radius 1 is 0.558 bits per heavy atom. The van der Waals surface area contributed by atoms with Crippen LogP contribution in [0.15, 0.2) is 11.1 Å². The first kappa shape index (κ1) is 43.9. The van der Waals surface area contributed by atoms with E-state index in [4.69, 9.17) is 1.34 Å². The Labute approximate surface area is 338 Å². The van der Waals surface area contributed by atoms with Gasteiger partial charge in [0.15, 0.2) is 23.3 Å². The molecule has 0 saturated carbocycles. The van der Waals surface area contributed by atoms with E-state index in [0.717, 1.165) is 12.2 Å². The van der Waals surface area contributed by atoms with Gasteiger partial charge in [-0.2, -0.15) is 35.1 Å². The molecular formula is C36H35BBr2F12U. The fraction of sp³-hybridized carbons (Fsp3) is 0.556. The zero-order valence-corrected chi connectivity index (χ0v) is 35.9. The zero-order valence-electron chi connectivity index (χ0n) is 29.6. The normalized spacial score (nSPS) is 24.8. The van der Waals surface area contributed by atoms with Crippen molar-refractivity contribution in [3.8, 4) is 0 Å². The van der Waals surface area contributed by atoms with Crippen LogP contribution in [0, 0.1) is 54.4 Å². The molecule has 0 aliphatic heterocycles. The monoisotopic (exact) mass is 1100 g/mol. The third kappa shape index (κ3) is 6.43. The minimum Gasteiger partial charge on any atom is -0.203 e. The molecule has 2 unspecified atom stereocenters. The second kappa shape index (κ2) is 15.2. The van der Waals surface area contributed by atoms with E-state index in [2.05, 4.69) is 40.2 Å². The van der Waals surface area contributed by atoms with E-state index < -0.39 is 77.9 Å². The predicted octanol–water partition coefficient (Wildman–Crippen LogP) is 13.0. The summed E-state index contributed by atoms with van der Waals surface area (Å²) in [5, 5.41) is 0. The molecule has 0 saturated heterocycles. The molecule has 0 N–H and O–H groups in total. The van der Waals surface area contributed by atoms with E-state index in [-0.39, 0.29) is 103 Å². The maximum absolute atomic E-state index is 15.0. The summed E-state index contributed by atoms with van der Waals surface area (Å²) in [5.74, 6) is -22.2. The first-order valence-electron chi connectivity index (χ1n) is 17.0. The Hall–Kier alpha value is -0.843. The zero-order chi connectivity index (χ0) is 39.6. The van der Waals surface area contributed by atoms with Crippen molar-refractivity contribution in [1.29, 1.82) is 1.34 Å². The Morgan fingerprint density at radius 2 is 0.846 bits per heavy atom. The van der Waals surface area contributed by atoms with Gasteiger partial charge in [0.1, 0.15) is 0 Å². The predicted molar refractivity (Wildman–Crippen MR) is 182 cm³/mol. The third-order valence-corrected chi connectivity index (χ3v) is 12.5. The smallest absolute Gasteiger partial charge is 0.203 e. The van der Waals surface area contributed by atoms with Gasteiger partial charge in [0, 0.05) is 50.6 Å². The van der Waals surface area contributed by atoms with Crippen LogP contribution >= 0.6 is 31.9 Å². The minimum absolute atomic E-state index is 0.